The summed E-state index contributed by atoms with van der Waals surface area (Å²) in [6, 6.07) is 9.54. The number of phenols is 3. The summed E-state index contributed by atoms with van der Waals surface area (Å²) >= 11 is 0. The Kier molecular flexibility index (Phi) is 3.39. The van der Waals surface area contributed by atoms with Crippen molar-refractivity contribution in [3.8, 4) is 17.2 Å². The predicted molar refractivity (Wildman–Crippen MR) is 68.6 cm³/mol. The van der Waals surface area contributed by atoms with Gasteiger partial charge in [-0.2, -0.15) is 0 Å². The van der Waals surface area contributed by atoms with Gasteiger partial charge in [-0.3, -0.25) is 0 Å². The van der Waals surface area contributed by atoms with Gasteiger partial charge in [0.05, 0.1) is 0 Å². The summed E-state index contributed by atoms with van der Waals surface area (Å²) in [5, 5.41) is 28.6. The highest BCUT2D eigenvalue weighted by molar-refractivity contribution is 5.43. The molecule has 0 aromatic heterocycles. The third-order valence-corrected chi connectivity index (χ3v) is 2.82. The van der Waals surface area contributed by atoms with Crippen LogP contribution in [0.25, 0.3) is 0 Å². The number of nitrogens with two attached hydrogens (primary N) is 1. The van der Waals surface area contributed by atoms with E-state index in [1.807, 2.05) is 0 Å². The number of hydrogen-bond donors (Lipinski definition) is 4. The maximum atomic E-state index is 9.69. The fourth-order valence-corrected chi connectivity index (χ4v) is 1.85. The second-order valence-electron chi connectivity index (χ2n) is 4.16. The SMILES string of the molecule is NCc1cc(Cc2cc(O)ccc2O)ccc1O. The average Bonchev–Trinajstić information content (AvgIpc) is 2.36. The van der Waals surface area contributed by atoms with E-state index in [0.29, 0.717) is 17.5 Å². The molecule has 4 nitrogen and oxygen atoms in total. The monoisotopic (exact) mass is 245 g/mol. The van der Waals surface area contributed by atoms with E-state index in [9.17, 15) is 15.3 Å². The van der Waals surface area contributed by atoms with Gasteiger partial charge in [0.2, 0.25) is 0 Å². The largest absolute Gasteiger partial charge is 0.508 e. The molecule has 5 N–H and O–H groups in total. The van der Waals surface area contributed by atoms with E-state index >= 15 is 0 Å². The molecule has 0 aliphatic carbocycles. The molecule has 18 heavy (non-hydrogen) atoms. The Hall–Kier alpha value is -2.20. The summed E-state index contributed by atoms with van der Waals surface area (Å²) in [7, 11) is 0. The van der Waals surface area contributed by atoms with Crippen LogP contribution < -0.4 is 5.73 Å². The van der Waals surface area contributed by atoms with Crippen molar-refractivity contribution in [2.45, 2.75) is 13.0 Å². The third kappa shape index (κ3) is 2.55. The molecule has 0 fully saturated rings. The molecule has 4 heteroatoms. The lowest BCUT2D eigenvalue weighted by molar-refractivity contribution is 0.455. The quantitative estimate of drug-likeness (QED) is 0.621. The molecule has 0 atom stereocenters. The second kappa shape index (κ2) is 4.98. The second-order valence-corrected chi connectivity index (χ2v) is 4.16. The van der Waals surface area contributed by atoms with Crippen molar-refractivity contribution in [3.05, 3.63) is 53.1 Å². The predicted octanol–water partition coefficient (Wildman–Crippen LogP) is 1.85. The number of benzene rings is 2. The zero-order valence-electron chi connectivity index (χ0n) is 9.80. The molecule has 0 unspecified atom stereocenters. The Morgan fingerprint density at radius 3 is 2.22 bits per heavy atom. The molecule has 0 aliphatic rings. The standard InChI is InChI=1S/C14H15NO3/c15-8-11-6-9(1-3-14(11)18)5-10-7-12(16)2-4-13(10)17/h1-4,6-7,16-18H,5,8,15H2. The van der Waals surface area contributed by atoms with Crippen molar-refractivity contribution >= 4 is 0 Å². The van der Waals surface area contributed by atoms with Crippen molar-refractivity contribution < 1.29 is 15.3 Å². The van der Waals surface area contributed by atoms with Crippen LogP contribution in [0.2, 0.25) is 0 Å². The molecule has 2 rings (SSSR count). The minimum absolute atomic E-state index is 0.112. The lowest BCUT2D eigenvalue weighted by Crippen LogP contribution is -1.98. The van der Waals surface area contributed by atoms with Crippen molar-refractivity contribution in [2.75, 3.05) is 0 Å². The summed E-state index contributed by atoms with van der Waals surface area (Å²) in [6.07, 6.45) is 0.466. The fraction of sp³-hybridized carbons (Fsp3) is 0.143. The van der Waals surface area contributed by atoms with Crippen LogP contribution in [0.15, 0.2) is 36.4 Å². The summed E-state index contributed by atoms with van der Waals surface area (Å²) < 4.78 is 0. The van der Waals surface area contributed by atoms with Gasteiger partial charge in [0.1, 0.15) is 17.2 Å². The summed E-state index contributed by atoms with van der Waals surface area (Å²) in [5.74, 6) is 0.414. The molecule has 0 spiro atoms. The molecule has 94 valence electrons. The van der Waals surface area contributed by atoms with Gasteiger partial charge >= 0.3 is 0 Å². The molecule has 2 aromatic carbocycles. The highest BCUT2D eigenvalue weighted by Gasteiger charge is 2.06. The van der Waals surface area contributed by atoms with E-state index in [-0.39, 0.29) is 23.8 Å². The van der Waals surface area contributed by atoms with Crippen molar-refractivity contribution in [1.82, 2.24) is 0 Å². The highest BCUT2D eigenvalue weighted by atomic mass is 16.3. The van der Waals surface area contributed by atoms with Crippen molar-refractivity contribution in [2.24, 2.45) is 5.73 Å². The van der Waals surface area contributed by atoms with E-state index < -0.39 is 0 Å². The Bertz CT molecular complexity index is 567. The van der Waals surface area contributed by atoms with Gasteiger partial charge in [0, 0.05) is 24.1 Å². The molecule has 0 radical (unpaired) electrons. The van der Waals surface area contributed by atoms with Crippen LogP contribution in [-0.4, -0.2) is 15.3 Å². The number of phenolic OH excluding ortho intramolecular Hbond substituents is 3. The molecular formula is C14H15NO3. The van der Waals surface area contributed by atoms with E-state index in [4.69, 9.17) is 5.73 Å². The Morgan fingerprint density at radius 1 is 0.833 bits per heavy atom. The zero-order chi connectivity index (χ0) is 13.1. The first-order valence-electron chi connectivity index (χ1n) is 5.62. The van der Waals surface area contributed by atoms with Crippen molar-refractivity contribution in [1.29, 1.82) is 0 Å². The smallest absolute Gasteiger partial charge is 0.120 e. The molecule has 0 aliphatic heterocycles. The summed E-state index contributed by atoms with van der Waals surface area (Å²) in [6.45, 7) is 0.256. The van der Waals surface area contributed by atoms with Crippen molar-refractivity contribution in [3.63, 3.8) is 0 Å². The Balaban J connectivity index is 2.31. The van der Waals surface area contributed by atoms with Gasteiger partial charge in [0.15, 0.2) is 0 Å². The van der Waals surface area contributed by atoms with Crippen LogP contribution in [0.3, 0.4) is 0 Å². The first-order valence-corrected chi connectivity index (χ1v) is 5.62. The molecule has 0 amide bonds. The molecule has 2 aromatic rings. The normalized spacial score (nSPS) is 10.5. The van der Waals surface area contributed by atoms with Gasteiger partial charge in [-0.15, -0.1) is 0 Å². The van der Waals surface area contributed by atoms with Crippen LogP contribution in [0.4, 0.5) is 0 Å². The van der Waals surface area contributed by atoms with Gasteiger partial charge in [0.25, 0.3) is 0 Å². The van der Waals surface area contributed by atoms with Crippen LogP contribution in [0.5, 0.6) is 17.2 Å². The number of hydrogen-bond acceptors (Lipinski definition) is 4. The minimum atomic E-state index is 0.112. The topological polar surface area (TPSA) is 86.7 Å². The number of rotatable bonds is 3. The van der Waals surface area contributed by atoms with Gasteiger partial charge in [-0.05, 0) is 29.8 Å². The third-order valence-electron chi connectivity index (χ3n) is 2.82. The Labute approximate surface area is 105 Å². The molecule has 0 heterocycles. The molecular weight excluding hydrogens is 230 g/mol. The molecule has 0 bridgehead atoms. The summed E-state index contributed by atoms with van der Waals surface area (Å²) in [5.41, 5.74) is 7.72. The first-order chi connectivity index (χ1) is 8.60. The maximum absolute atomic E-state index is 9.69. The Morgan fingerprint density at radius 2 is 1.50 bits per heavy atom. The molecule has 0 saturated carbocycles. The number of aromatic hydroxyl groups is 3. The van der Waals surface area contributed by atoms with E-state index in [0.717, 1.165) is 5.56 Å². The van der Waals surface area contributed by atoms with Crippen LogP contribution in [0.1, 0.15) is 16.7 Å². The first kappa shape index (κ1) is 12.3. The van der Waals surface area contributed by atoms with E-state index in [1.54, 1.807) is 18.2 Å². The van der Waals surface area contributed by atoms with Gasteiger partial charge in [-0.1, -0.05) is 12.1 Å². The van der Waals surface area contributed by atoms with Crippen LogP contribution >= 0.6 is 0 Å². The van der Waals surface area contributed by atoms with E-state index in [1.165, 1.54) is 18.2 Å². The van der Waals surface area contributed by atoms with E-state index in [2.05, 4.69) is 0 Å². The van der Waals surface area contributed by atoms with Gasteiger partial charge in [-0.25, -0.2) is 0 Å². The fourth-order valence-electron chi connectivity index (χ4n) is 1.85. The van der Waals surface area contributed by atoms with Crippen LogP contribution in [-0.2, 0) is 13.0 Å². The summed E-state index contributed by atoms with van der Waals surface area (Å²) in [4.78, 5) is 0. The molecule has 0 saturated heterocycles. The minimum Gasteiger partial charge on any atom is -0.508 e. The maximum Gasteiger partial charge on any atom is 0.120 e. The highest BCUT2D eigenvalue weighted by Crippen LogP contribution is 2.26. The lowest BCUT2D eigenvalue weighted by Gasteiger charge is -2.08. The van der Waals surface area contributed by atoms with Gasteiger partial charge < -0.3 is 21.1 Å². The average molecular weight is 245 g/mol. The zero-order valence-corrected chi connectivity index (χ0v) is 9.80. The lowest BCUT2D eigenvalue weighted by atomic mass is 10.0. The van der Waals surface area contributed by atoms with Crippen LogP contribution in [0, 0.1) is 0 Å².